The SMILES string of the molecule is C[C@H](OC(=O)c1ccc2c(c1)CCN2S(C)(=O)=O)C(=O)N1CCNC1=O. The number of benzene rings is 1. The summed E-state index contributed by atoms with van der Waals surface area (Å²) in [5, 5.41) is 2.51. The Bertz CT molecular complexity index is 882. The number of imide groups is 1. The van der Waals surface area contributed by atoms with Crippen molar-refractivity contribution < 1.29 is 27.5 Å². The molecule has 1 aromatic rings. The molecular weight excluding hydrogens is 362 g/mol. The summed E-state index contributed by atoms with van der Waals surface area (Å²) in [6, 6.07) is 4.09. The Morgan fingerprint density at radius 1 is 1.27 bits per heavy atom. The molecule has 2 heterocycles. The first-order valence-corrected chi connectivity index (χ1v) is 9.94. The van der Waals surface area contributed by atoms with Crippen LogP contribution in [0.15, 0.2) is 18.2 Å². The van der Waals surface area contributed by atoms with Gasteiger partial charge in [0.15, 0.2) is 6.10 Å². The number of nitrogens with zero attached hydrogens (tertiary/aromatic N) is 2. The highest BCUT2D eigenvalue weighted by atomic mass is 32.2. The number of urea groups is 1. The molecule has 1 fully saturated rings. The van der Waals surface area contributed by atoms with Crippen LogP contribution in [-0.2, 0) is 26.0 Å². The van der Waals surface area contributed by atoms with Crippen molar-refractivity contribution in [2.45, 2.75) is 19.4 Å². The van der Waals surface area contributed by atoms with Crippen LogP contribution in [0.5, 0.6) is 0 Å². The van der Waals surface area contributed by atoms with Gasteiger partial charge in [0, 0.05) is 19.6 Å². The van der Waals surface area contributed by atoms with Crippen molar-refractivity contribution in [1.82, 2.24) is 10.2 Å². The van der Waals surface area contributed by atoms with Crippen LogP contribution in [0.4, 0.5) is 10.5 Å². The molecule has 1 saturated heterocycles. The predicted molar refractivity (Wildman–Crippen MR) is 92.3 cm³/mol. The molecule has 10 heteroatoms. The lowest BCUT2D eigenvalue weighted by atomic mass is 10.1. The number of carbonyl (C=O) groups is 3. The number of amides is 3. The summed E-state index contributed by atoms with van der Waals surface area (Å²) in [5.74, 6) is -1.29. The van der Waals surface area contributed by atoms with Gasteiger partial charge in [0.25, 0.3) is 5.91 Å². The normalized spacial score (nSPS) is 17.7. The van der Waals surface area contributed by atoms with Crippen molar-refractivity contribution >= 4 is 33.6 Å². The molecule has 0 aromatic heterocycles. The maximum Gasteiger partial charge on any atom is 0.338 e. The number of ether oxygens (including phenoxy) is 1. The third kappa shape index (κ3) is 3.36. The Morgan fingerprint density at radius 2 is 2.00 bits per heavy atom. The quantitative estimate of drug-likeness (QED) is 0.741. The number of sulfonamides is 1. The van der Waals surface area contributed by atoms with E-state index < -0.39 is 34.0 Å². The monoisotopic (exact) mass is 381 g/mol. The molecule has 0 spiro atoms. The zero-order chi connectivity index (χ0) is 19.1. The Balaban J connectivity index is 1.71. The molecule has 3 amide bonds. The van der Waals surface area contributed by atoms with Crippen molar-refractivity contribution in [3.63, 3.8) is 0 Å². The minimum Gasteiger partial charge on any atom is -0.449 e. The van der Waals surface area contributed by atoms with Gasteiger partial charge < -0.3 is 10.1 Å². The number of rotatable bonds is 4. The predicted octanol–water partition coefficient (Wildman–Crippen LogP) is 0.106. The first-order chi connectivity index (χ1) is 12.2. The van der Waals surface area contributed by atoms with E-state index >= 15 is 0 Å². The number of hydrogen-bond acceptors (Lipinski definition) is 6. The van der Waals surface area contributed by atoms with Gasteiger partial charge in [-0.1, -0.05) is 0 Å². The average molecular weight is 381 g/mol. The van der Waals surface area contributed by atoms with Gasteiger partial charge in [-0.05, 0) is 37.1 Å². The number of carbonyl (C=O) groups excluding carboxylic acids is 3. The van der Waals surface area contributed by atoms with Crippen molar-refractivity contribution in [2.75, 3.05) is 30.2 Å². The van der Waals surface area contributed by atoms with E-state index in [1.54, 1.807) is 12.1 Å². The zero-order valence-electron chi connectivity index (χ0n) is 14.4. The Kier molecular flexibility index (Phi) is 4.61. The molecule has 0 saturated carbocycles. The maximum atomic E-state index is 12.3. The van der Waals surface area contributed by atoms with Crippen LogP contribution in [0.2, 0.25) is 0 Å². The minimum absolute atomic E-state index is 0.227. The topological polar surface area (TPSA) is 113 Å². The number of esters is 1. The lowest BCUT2D eigenvalue weighted by Crippen LogP contribution is -2.41. The van der Waals surface area contributed by atoms with Crippen molar-refractivity contribution in [3.8, 4) is 0 Å². The molecule has 1 atom stereocenters. The van der Waals surface area contributed by atoms with Crippen LogP contribution in [0.25, 0.3) is 0 Å². The van der Waals surface area contributed by atoms with Crippen LogP contribution in [-0.4, -0.2) is 63.2 Å². The van der Waals surface area contributed by atoms with E-state index in [1.165, 1.54) is 17.3 Å². The lowest BCUT2D eigenvalue weighted by molar-refractivity contribution is -0.136. The van der Waals surface area contributed by atoms with E-state index in [0.717, 1.165) is 16.7 Å². The van der Waals surface area contributed by atoms with E-state index in [4.69, 9.17) is 4.74 Å². The Hall–Kier alpha value is -2.62. The van der Waals surface area contributed by atoms with Gasteiger partial charge in [0.2, 0.25) is 10.0 Å². The second-order valence-electron chi connectivity index (χ2n) is 6.20. The van der Waals surface area contributed by atoms with Crippen LogP contribution in [0.3, 0.4) is 0 Å². The molecular formula is C16H19N3O6S. The van der Waals surface area contributed by atoms with Crippen molar-refractivity contribution in [2.24, 2.45) is 0 Å². The zero-order valence-corrected chi connectivity index (χ0v) is 15.2. The third-order valence-corrected chi connectivity index (χ3v) is 5.50. The fourth-order valence-electron chi connectivity index (χ4n) is 3.02. The highest BCUT2D eigenvalue weighted by Crippen LogP contribution is 2.31. The van der Waals surface area contributed by atoms with Gasteiger partial charge in [0.05, 0.1) is 17.5 Å². The number of anilines is 1. The smallest absolute Gasteiger partial charge is 0.338 e. The number of hydrogen-bond donors (Lipinski definition) is 1. The first-order valence-electron chi connectivity index (χ1n) is 8.09. The van der Waals surface area contributed by atoms with E-state index in [-0.39, 0.29) is 12.1 Å². The second-order valence-corrected chi connectivity index (χ2v) is 8.10. The fraction of sp³-hybridized carbons (Fsp3) is 0.438. The van der Waals surface area contributed by atoms with Gasteiger partial charge in [-0.3, -0.25) is 14.0 Å². The molecule has 0 radical (unpaired) electrons. The summed E-state index contributed by atoms with van der Waals surface area (Å²) in [4.78, 5) is 37.0. The number of nitrogens with one attached hydrogen (secondary N) is 1. The standard InChI is InChI=1S/C16H19N3O6S/c1-10(14(20)18-8-6-17-16(18)22)25-15(21)12-3-4-13-11(9-12)5-7-19(13)26(2,23)24/h3-4,9-10H,5-8H2,1-2H3,(H,17,22)/t10-/m0/s1. The summed E-state index contributed by atoms with van der Waals surface area (Å²) < 4.78 is 30.0. The fourth-order valence-corrected chi connectivity index (χ4v) is 3.98. The van der Waals surface area contributed by atoms with E-state index in [1.807, 2.05) is 0 Å². The van der Waals surface area contributed by atoms with Crippen LogP contribution in [0, 0.1) is 0 Å². The summed E-state index contributed by atoms with van der Waals surface area (Å²) >= 11 is 0. The molecule has 3 rings (SSSR count). The minimum atomic E-state index is -3.36. The van der Waals surface area contributed by atoms with Crippen LogP contribution < -0.4 is 9.62 Å². The van der Waals surface area contributed by atoms with Gasteiger partial charge in [-0.15, -0.1) is 0 Å². The van der Waals surface area contributed by atoms with E-state index in [9.17, 15) is 22.8 Å². The average Bonchev–Trinajstić information content (AvgIpc) is 3.18. The molecule has 0 bridgehead atoms. The second kappa shape index (κ2) is 6.60. The molecule has 0 unspecified atom stereocenters. The van der Waals surface area contributed by atoms with Crippen molar-refractivity contribution in [1.29, 1.82) is 0 Å². The molecule has 1 N–H and O–H groups in total. The Labute approximate surface area is 150 Å². The molecule has 26 heavy (non-hydrogen) atoms. The van der Waals surface area contributed by atoms with E-state index in [2.05, 4.69) is 5.32 Å². The largest absolute Gasteiger partial charge is 0.449 e. The van der Waals surface area contributed by atoms with E-state index in [0.29, 0.717) is 25.2 Å². The lowest BCUT2D eigenvalue weighted by Gasteiger charge is -2.19. The Morgan fingerprint density at radius 3 is 2.62 bits per heavy atom. The first kappa shape index (κ1) is 18.2. The highest BCUT2D eigenvalue weighted by Gasteiger charge is 2.32. The summed E-state index contributed by atoms with van der Waals surface area (Å²) in [6.07, 6.45) is 0.519. The summed E-state index contributed by atoms with van der Waals surface area (Å²) in [6.45, 7) is 2.34. The summed E-state index contributed by atoms with van der Waals surface area (Å²) in [5.41, 5.74) is 1.49. The van der Waals surface area contributed by atoms with Crippen molar-refractivity contribution in [3.05, 3.63) is 29.3 Å². The molecule has 2 aliphatic heterocycles. The molecule has 9 nitrogen and oxygen atoms in total. The van der Waals surface area contributed by atoms with Gasteiger partial charge in [-0.2, -0.15) is 0 Å². The molecule has 140 valence electrons. The molecule has 0 aliphatic carbocycles. The van der Waals surface area contributed by atoms with Gasteiger partial charge in [-0.25, -0.2) is 18.0 Å². The molecule has 2 aliphatic rings. The van der Waals surface area contributed by atoms with Gasteiger partial charge >= 0.3 is 12.0 Å². The van der Waals surface area contributed by atoms with Crippen LogP contribution >= 0.6 is 0 Å². The maximum absolute atomic E-state index is 12.3. The molecule has 1 aromatic carbocycles. The van der Waals surface area contributed by atoms with Crippen LogP contribution in [0.1, 0.15) is 22.8 Å². The highest BCUT2D eigenvalue weighted by molar-refractivity contribution is 7.92. The summed E-state index contributed by atoms with van der Waals surface area (Å²) in [7, 11) is -3.36. The van der Waals surface area contributed by atoms with Gasteiger partial charge in [0.1, 0.15) is 0 Å². The third-order valence-electron chi connectivity index (χ3n) is 4.32. The number of fused-ring (bicyclic) bond motifs is 1.